The number of nitrogens with one attached hydrogen (secondary N) is 1. The lowest BCUT2D eigenvalue weighted by molar-refractivity contribution is 0.0669. The van der Waals surface area contributed by atoms with Crippen molar-refractivity contribution < 1.29 is 18.0 Å². The third-order valence-corrected chi connectivity index (χ3v) is 5.87. The standard InChI is InChI=1S/C21H13ClF2N6O2/c22-12-6-16-11(7-27-30(16)8-13(12)24)21(31)29-4-3-14-18(26-9-25-14)19(29)20-28-15-5-10(23)1-2-17(15)32-20/h1-2,5-9,19H,3-4H2,(H,25,26)/t19-/m0/s1. The maximum absolute atomic E-state index is 13.8. The average molecular weight is 455 g/mol. The third-order valence-electron chi connectivity index (χ3n) is 5.58. The van der Waals surface area contributed by atoms with Crippen LogP contribution in [0.3, 0.4) is 0 Å². The second-order valence-corrected chi connectivity index (χ2v) is 7.85. The number of oxazole rings is 1. The first-order valence-corrected chi connectivity index (χ1v) is 10.1. The van der Waals surface area contributed by atoms with Gasteiger partial charge in [-0.3, -0.25) is 4.79 Å². The Hall–Kier alpha value is -3.79. The molecule has 6 rings (SSSR count). The van der Waals surface area contributed by atoms with Gasteiger partial charge in [0.05, 0.1) is 40.5 Å². The molecule has 0 saturated heterocycles. The van der Waals surface area contributed by atoms with Crippen LogP contribution in [-0.2, 0) is 6.42 Å². The van der Waals surface area contributed by atoms with E-state index in [4.69, 9.17) is 16.0 Å². The number of benzene rings is 1. The molecule has 11 heteroatoms. The van der Waals surface area contributed by atoms with E-state index in [1.165, 1.54) is 35.0 Å². The molecule has 32 heavy (non-hydrogen) atoms. The molecule has 0 saturated carbocycles. The van der Waals surface area contributed by atoms with E-state index in [0.29, 0.717) is 35.3 Å². The van der Waals surface area contributed by atoms with Crippen molar-refractivity contribution in [3.63, 3.8) is 0 Å². The van der Waals surface area contributed by atoms with Gasteiger partial charge in [0.25, 0.3) is 5.91 Å². The Morgan fingerprint density at radius 3 is 3.03 bits per heavy atom. The molecule has 0 radical (unpaired) electrons. The summed E-state index contributed by atoms with van der Waals surface area (Å²) < 4.78 is 34.6. The Labute approximate surface area is 183 Å². The zero-order valence-corrected chi connectivity index (χ0v) is 17.0. The van der Waals surface area contributed by atoms with Gasteiger partial charge in [-0.25, -0.2) is 23.3 Å². The molecule has 1 amide bonds. The molecule has 0 spiro atoms. The number of aromatic amines is 1. The molecule has 0 bridgehead atoms. The molecule has 0 fully saturated rings. The van der Waals surface area contributed by atoms with Crippen LogP contribution in [0.4, 0.5) is 8.78 Å². The normalized spacial score (nSPS) is 16.1. The number of fused-ring (bicyclic) bond motifs is 3. The summed E-state index contributed by atoms with van der Waals surface area (Å²) in [6.45, 7) is 0.345. The Kier molecular flexibility index (Phi) is 4.06. The molecule has 1 aliphatic heterocycles. The van der Waals surface area contributed by atoms with Crippen molar-refractivity contribution in [2.45, 2.75) is 12.5 Å². The van der Waals surface area contributed by atoms with Gasteiger partial charge in [0, 0.05) is 24.7 Å². The highest BCUT2D eigenvalue weighted by Crippen LogP contribution is 2.36. The van der Waals surface area contributed by atoms with Crippen LogP contribution in [0.5, 0.6) is 0 Å². The topological polar surface area (TPSA) is 92.3 Å². The summed E-state index contributed by atoms with van der Waals surface area (Å²) in [5.74, 6) is -1.23. The Morgan fingerprint density at radius 2 is 2.16 bits per heavy atom. The minimum atomic E-state index is -0.737. The zero-order valence-electron chi connectivity index (χ0n) is 16.2. The summed E-state index contributed by atoms with van der Waals surface area (Å²) in [6.07, 6.45) is 4.57. The third kappa shape index (κ3) is 2.79. The van der Waals surface area contributed by atoms with Gasteiger partial charge in [0.15, 0.2) is 17.4 Å². The number of hydrogen-bond donors (Lipinski definition) is 1. The van der Waals surface area contributed by atoms with Gasteiger partial charge in [0.1, 0.15) is 11.3 Å². The SMILES string of the molecule is O=C(c1cnn2cc(F)c(Cl)cc12)N1CCc2[nH]cnc2[C@H]1c1nc2cc(F)ccc2o1. The maximum atomic E-state index is 13.8. The second kappa shape index (κ2) is 6.86. The second-order valence-electron chi connectivity index (χ2n) is 7.44. The highest BCUT2D eigenvalue weighted by molar-refractivity contribution is 6.31. The first-order valence-electron chi connectivity index (χ1n) is 9.71. The molecule has 0 unspecified atom stereocenters. The Morgan fingerprint density at radius 1 is 1.28 bits per heavy atom. The molecule has 5 heterocycles. The molecule has 160 valence electrons. The van der Waals surface area contributed by atoms with Crippen molar-refractivity contribution in [1.82, 2.24) is 29.5 Å². The largest absolute Gasteiger partial charge is 0.438 e. The van der Waals surface area contributed by atoms with Crippen molar-refractivity contribution >= 4 is 34.1 Å². The van der Waals surface area contributed by atoms with Gasteiger partial charge in [-0.2, -0.15) is 5.10 Å². The van der Waals surface area contributed by atoms with Crippen LogP contribution < -0.4 is 0 Å². The summed E-state index contributed by atoms with van der Waals surface area (Å²) in [5, 5.41) is 3.97. The molecular formula is C21H13ClF2N6O2. The maximum Gasteiger partial charge on any atom is 0.258 e. The molecule has 0 aliphatic carbocycles. The number of halogens is 3. The van der Waals surface area contributed by atoms with E-state index < -0.39 is 17.7 Å². The zero-order chi connectivity index (χ0) is 22.0. The highest BCUT2D eigenvalue weighted by Gasteiger charge is 2.38. The van der Waals surface area contributed by atoms with Crippen LogP contribution >= 0.6 is 11.6 Å². The molecule has 1 atom stereocenters. The van der Waals surface area contributed by atoms with E-state index in [2.05, 4.69) is 20.1 Å². The number of H-pyrrole nitrogens is 1. The number of amides is 1. The average Bonchev–Trinajstić information content (AvgIpc) is 3.50. The molecule has 1 aliphatic rings. The van der Waals surface area contributed by atoms with Crippen molar-refractivity contribution in [1.29, 1.82) is 0 Å². The van der Waals surface area contributed by atoms with Gasteiger partial charge in [-0.1, -0.05) is 11.6 Å². The van der Waals surface area contributed by atoms with E-state index in [9.17, 15) is 13.6 Å². The number of aromatic nitrogens is 5. The number of carbonyl (C=O) groups excluding carboxylic acids is 1. The predicted molar refractivity (Wildman–Crippen MR) is 109 cm³/mol. The fraction of sp³-hybridized carbons (Fsp3) is 0.143. The fourth-order valence-corrected chi connectivity index (χ4v) is 4.23. The molecule has 1 N–H and O–H groups in total. The summed E-state index contributed by atoms with van der Waals surface area (Å²) >= 11 is 5.93. The summed E-state index contributed by atoms with van der Waals surface area (Å²) in [6, 6.07) is 4.66. The minimum Gasteiger partial charge on any atom is -0.438 e. The van der Waals surface area contributed by atoms with Gasteiger partial charge in [-0.15, -0.1) is 0 Å². The van der Waals surface area contributed by atoms with Crippen LogP contribution in [0.1, 0.15) is 33.7 Å². The van der Waals surface area contributed by atoms with Crippen LogP contribution in [0.25, 0.3) is 16.6 Å². The predicted octanol–water partition coefficient (Wildman–Crippen LogP) is 3.92. The summed E-state index contributed by atoms with van der Waals surface area (Å²) in [4.78, 5) is 27.1. The number of rotatable bonds is 2. The van der Waals surface area contributed by atoms with Crippen molar-refractivity contribution in [2.24, 2.45) is 0 Å². The number of nitrogens with zero attached hydrogens (tertiary/aromatic N) is 5. The van der Waals surface area contributed by atoms with Crippen LogP contribution in [0.15, 0.2) is 47.4 Å². The lowest BCUT2D eigenvalue weighted by Crippen LogP contribution is -2.41. The summed E-state index contributed by atoms with van der Waals surface area (Å²) in [7, 11) is 0. The van der Waals surface area contributed by atoms with Gasteiger partial charge < -0.3 is 14.3 Å². The van der Waals surface area contributed by atoms with E-state index in [1.807, 2.05) is 0 Å². The van der Waals surface area contributed by atoms with E-state index in [1.54, 1.807) is 11.2 Å². The van der Waals surface area contributed by atoms with Crippen LogP contribution in [0.2, 0.25) is 5.02 Å². The van der Waals surface area contributed by atoms with Crippen LogP contribution in [-0.4, -0.2) is 41.9 Å². The van der Waals surface area contributed by atoms with Crippen molar-refractivity contribution in [2.75, 3.05) is 6.54 Å². The highest BCUT2D eigenvalue weighted by atomic mass is 35.5. The number of imidazole rings is 1. The van der Waals surface area contributed by atoms with E-state index >= 15 is 0 Å². The Bertz CT molecular complexity index is 1520. The monoisotopic (exact) mass is 454 g/mol. The molecule has 8 nitrogen and oxygen atoms in total. The van der Waals surface area contributed by atoms with Gasteiger partial charge in [-0.05, 0) is 18.2 Å². The molecule has 4 aromatic heterocycles. The quantitative estimate of drug-likeness (QED) is 0.436. The van der Waals surface area contributed by atoms with Gasteiger partial charge in [0.2, 0.25) is 5.89 Å². The lowest BCUT2D eigenvalue weighted by atomic mass is 10.0. The van der Waals surface area contributed by atoms with Crippen molar-refractivity contribution in [3.8, 4) is 0 Å². The Balaban J connectivity index is 1.48. The molecule has 1 aromatic carbocycles. The van der Waals surface area contributed by atoms with E-state index in [-0.39, 0.29) is 22.4 Å². The molecule has 5 aromatic rings. The smallest absolute Gasteiger partial charge is 0.258 e. The lowest BCUT2D eigenvalue weighted by Gasteiger charge is -2.32. The summed E-state index contributed by atoms with van der Waals surface area (Å²) in [5.41, 5.74) is 2.81. The number of hydrogen-bond acceptors (Lipinski definition) is 5. The molecular weight excluding hydrogens is 442 g/mol. The van der Waals surface area contributed by atoms with E-state index in [0.717, 1.165) is 11.9 Å². The first-order chi connectivity index (χ1) is 15.5. The number of pyridine rings is 1. The van der Waals surface area contributed by atoms with Crippen LogP contribution in [0, 0.1) is 11.6 Å². The van der Waals surface area contributed by atoms with Gasteiger partial charge >= 0.3 is 0 Å². The minimum absolute atomic E-state index is 0.113. The first kappa shape index (κ1) is 18.9. The fourth-order valence-electron chi connectivity index (χ4n) is 4.08. The van der Waals surface area contributed by atoms with Crippen molar-refractivity contribution in [3.05, 3.63) is 82.5 Å². The number of carbonyl (C=O) groups is 1.